The van der Waals surface area contributed by atoms with Gasteiger partial charge in [-0.2, -0.15) is 0 Å². The summed E-state index contributed by atoms with van der Waals surface area (Å²) in [5.74, 6) is -0.767. The van der Waals surface area contributed by atoms with E-state index in [1.54, 1.807) is 6.07 Å². The average Bonchev–Trinajstić information content (AvgIpc) is 2.27. The molecule has 4 nitrogen and oxygen atoms in total. The topological polar surface area (TPSA) is 58.2 Å². The summed E-state index contributed by atoms with van der Waals surface area (Å²) in [5.41, 5.74) is 1.74. The van der Waals surface area contributed by atoms with Gasteiger partial charge < -0.3 is 5.32 Å². The number of urea groups is 1. The number of anilines is 1. The highest BCUT2D eigenvalue weighted by atomic mass is 35.5. The first-order valence-corrected chi connectivity index (χ1v) is 6.13. The van der Waals surface area contributed by atoms with Crippen LogP contribution in [0.15, 0.2) is 24.3 Å². The lowest BCUT2D eigenvalue weighted by molar-refractivity contribution is -0.117. The van der Waals surface area contributed by atoms with Gasteiger partial charge in [0.25, 0.3) is 0 Å². The smallest absolute Gasteiger partial charge is 0.308 e. The van der Waals surface area contributed by atoms with Crippen molar-refractivity contribution in [2.24, 2.45) is 0 Å². The highest BCUT2D eigenvalue weighted by Gasteiger charge is 2.14. The molecule has 18 heavy (non-hydrogen) atoms. The fraction of sp³-hybridized carbons (Fsp3) is 0.385. The van der Waals surface area contributed by atoms with Crippen LogP contribution in [0.5, 0.6) is 0 Å². The van der Waals surface area contributed by atoms with Crippen molar-refractivity contribution >= 4 is 29.2 Å². The van der Waals surface area contributed by atoms with E-state index in [9.17, 15) is 9.59 Å². The van der Waals surface area contributed by atoms with E-state index in [4.69, 9.17) is 11.6 Å². The summed E-state index contributed by atoms with van der Waals surface area (Å²) in [5, 5.41) is 4.71. The second kappa shape index (κ2) is 5.87. The number of hydrogen-bond donors (Lipinski definition) is 2. The van der Waals surface area contributed by atoms with E-state index in [1.807, 2.05) is 18.2 Å². The average molecular weight is 269 g/mol. The van der Waals surface area contributed by atoms with Crippen LogP contribution in [-0.4, -0.2) is 17.8 Å². The first-order valence-electron chi connectivity index (χ1n) is 5.60. The molecule has 98 valence electrons. The van der Waals surface area contributed by atoms with E-state index in [-0.39, 0.29) is 11.3 Å². The zero-order chi connectivity index (χ0) is 13.8. The van der Waals surface area contributed by atoms with Crippen molar-refractivity contribution in [3.63, 3.8) is 0 Å². The molecule has 0 saturated carbocycles. The van der Waals surface area contributed by atoms with Gasteiger partial charge in [-0.05, 0) is 23.1 Å². The number of nitrogens with one attached hydrogen (secondary N) is 2. The molecule has 0 aromatic heterocycles. The summed E-state index contributed by atoms with van der Waals surface area (Å²) < 4.78 is 0. The number of rotatable bonds is 2. The molecule has 5 heteroatoms. The van der Waals surface area contributed by atoms with Crippen LogP contribution < -0.4 is 10.6 Å². The number of alkyl halides is 1. The summed E-state index contributed by atoms with van der Waals surface area (Å²) in [6, 6.07) is 6.92. The number of carbonyl (C=O) groups excluding carboxylic acids is 2. The Bertz CT molecular complexity index is 453. The van der Waals surface area contributed by atoms with Crippen LogP contribution in [0.25, 0.3) is 0 Å². The van der Waals surface area contributed by atoms with Crippen molar-refractivity contribution in [2.75, 3.05) is 11.2 Å². The van der Waals surface area contributed by atoms with Crippen LogP contribution in [0, 0.1) is 0 Å². The zero-order valence-corrected chi connectivity index (χ0v) is 11.5. The lowest BCUT2D eigenvalue weighted by Gasteiger charge is -2.19. The van der Waals surface area contributed by atoms with Crippen molar-refractivity contribution in [2.45, 2.75) is 26.2 Å². The fourth-order valence-electron chi connectivity index (χ4n) is 1.39. The van der Waals surface area contributed by atoms with E-state index >= 15 is 0 Å². The lowest BCUT2D eigenvalue weighted by atomic mass is 9.87. The first-order chi connectivity index (χ1) is 8.32. The van der Waals surface area contributed by atoms with Crippen molar-refractivity contribution < 1.29 is 9.59 Å². The van der Waals surface area contributed by atoms with Crippen molar-refractivity contribution in [3.05, 3.63) is 29.8 Å². The standard InChI is InChI=1S/C13H17ClN2O2/c1-13(2,3)9-5-4-6-10(7-9)15-12(18)16-11(17)8-14/h4-7H,8H2,1-3H3,(H2,15,16,17,18). The normalized spacial score (nSPS) is 10.9. The molecule has 0 unspecified atom stereocenters. The maximum atomic E-state index is 11.4. The third-order valence-corrected chi connectivity index (χ3v) is 2.60. The molecule has 0 aliphatic carbocycles. The van der Waals surface area contributed by atoms with Gasteiger partial charge in [0.1, 0.15) is 5.88 Å². The molecule has 1 aromatic rings. The molecule has 0 heterocycles. The van der Waals surface area contributed by atoms with Gasteiger partial charge in [0.2, 0.25) is 5.91 Å². The number of benzene rings is 1. The molecule has 0 bridgehead atoms. The Hall–Kier alpha value is -1.55. The Balaban J connectivity index is 2.74. The van der Waals surface area contributed by atoms with Gasteiger partial charge in [-0.1, -0.05) is 32.9 Å². The van der Waals surface area contributed by atoms with E-state index in [0.29, 0.717) is 5.69 Å². The molecule has 0 saturated heterocycles. The van der Waals surface area contributed by atoms with Gasteiger partial charge >= 0.3 is 6.03 Å². The number of hydrogen-bond acceptors (Lipinski definition) is 2. The summed E-state index contributed by atoms with van der Waals surface area (Å²) in [4.78, 5) is 22.4. The first kappa shape index (κ1) is 14.5. The predicted molar refractivity (Wildman–Crippen MR) is 73.0 cm³/mol. The third-order valence-electron chi connectivity index (χ3n) is 2.36. The maximum absolute atomic E-state index is 11.4. The van der Waals surface area contributed by atoms with Gasteiger partial charge in [-0.25, -0.2) is 4.79 Å². The SMILES string of the molecule is CC(C)(C)c1cccc(NC(=O)NC(=O)CCl)c1. The zero-order valence-electron chi connectivity index (χ0n) is 10.7. The molecule has 0 atom stereocenters. The van der Waals surface area contributed by atoms with Gasteiger partial charge in [-0.3, -0.25) is 10.1 Å². The molecule has 0 aliphatic heterocycles. The summed E-state index contributed by atoms with van der Waals surface area (Å²) in [7, 11) is 0. The highest BCUT2D eigenvalue weighted by Crippen LogP contribution is 2.24. The molecule has 0 aliphatic rings. The molecule has 2 N–H and O–H groups in total. The van der Waals surface area contributed by atoms with Gasteiger partial charge in [-0.15, -0.1) is 11.6 Å². The minimum Gasteiger partial charge on any atom is -0.308 e. The molecular formula is C13H17ClN2O2. The van der Waals surface area contributed by atoms with Crippen LogP contribution in [0.4, 0.5) is 10.5 Å². The molecule has 3 amide bonds. The Morgan fingerprint density at radius 3 is 2.50 bits per heavy atom. The van der Waals surface area contributed by atoms with Crippen molar-refractivity contribution in [3.8, 4) is 0 Å². The molecule has 0 radical (unpaired) electrons. The van der Waals surface area contributed by atoms with Gasteiger partial charge in [0.15, 0.2) is 0 Å². The Labute approximate surface area is 112 Å². The fourth-order valence-corrected chi connectivity index (χ4v) is 1.45. The number of amides is 3. The predicted octanol–water partition coefficient (Wildman–Crippen LogP) is 2.87. The highest BCUT2D eigenvalue weighted by molar-refractivity contribution is 6.28. The number of carbonyl (C=O) groups is 2. The Morgan fingerprint density at radius 2 is 1.94 bits per heavy atom. The molecular weight excluding hydrogens is 252 g/mol. The summed E-state index contributed by atoms with van der Waals surface area (Å²) >= 11 is 5.29. The monoisotopic (exact) mass is 268 g/mol. The third kappa shape index (κ3) is 4.37. The van der Waals surface area contributed by atoms with Crippen molar-refractivity contribution in [1.29, 1.82) is 0 Å². The second-order valence-electron chi connectivity index (χ2n) is 4.97. The largest absolute Gasteiger partial charge is 0.325 e. The molecule has 1 aromatic carbocycles. The van der Waals surface area contributed by atoms with E-state index < -0.39 is 11.9 Å². The van der Waals surface area contributed by atoms with Crippen LogP contribution in [-0.2, 0) is 10.2 Å². The number of halogens is 1. The summed E-state index contributed by atoms with van der Waals surface area (Å²) in [6.45, 7) is 6.26. The van der Waals surface area contributed by atoms with Crippen LogP contribution in [0.2, 0.25) is 0 Å². The molecule has 1 rings (SSSR count). The quantitative estimate of drug-likeness (QED) is 0.811. The Kier molecular flexibility index (Phi) is 4.73. The van der Waals surface area contributed by atoms with Crippen LogP contribution in [0.3, 0.4) is 0 Å². The minimum atomic E-state index is -0.577. The Morgan fingerprint density at radius 1 is 1.28 bits per heavy atom. The summed E-state index contributed by atoms with van der Waals surface area (Å²) in [6.07, 6.45) is 0. The van der Waals surface area contributed by atoms with Crippen LogP contribution >= 0.6 is 11.6 Å². The van der Waals surface area contributed by atoms with E-state index in [2.05, 4.69) is 31.4 Å². The maximum Gasteiger partial charge on any atom is 0.325 e. The second-order valence-corrected chi connectivity index (χ2v) is 5.23. The van der Waals surface area contributed by atoms with Crippen LogP contribution in [0.1, 0.15) is 26.3 Å². The van der Waals surface area contributed by atoms with Gasteiger partial charge in [0.05, 0.1) is 0 Å². The van der Waals surface area contributed by atoms with E-state index in [1.165, 1.54) is 0 Å². The van der Waals surface area contributed by atoms with E-state index in [0.717, 1.165) is 5.56 Å². The minimum absolute atomic E-state index is 0.000123. The van der Waals surface area contributed by atoms with Crippen molar-refractivity contribution in [1.82, 2.24) is 5.32 Å². The molecule has 0 fully saturated rings. The number of imide groups is 1. The molecule has 0 spiro atoms. The lowest BCUT2D eigenvalue weighted by Crippen LogP contribution is -2.35. The van der Waals surface area contributed by atoms with Gasteiger partial charge in [0, 0.05) is 5.69 Å².